The van der Waals surface area contributed by atoms with Crippen molar-refractivity contribution in [1.29, 1.82) is 0 Å². The number of amides is 1. The zero-order chi connectivity index (χ0) is 11.1. The van der Waals surface area contributed by atoms with Gasteiger partial charge in [0.1, 0.15) is 0 Å². The fourth-order valence-electron chi connectivity index (χ4n) is 1.69. The summed E-state index contributed by atoms with van der Waals surface area (Å²) in [5.41, 5.74) is 0. The molecule has 2 atom stereocenters. The van der Waals surface area contributed by atoms with E-state index in [0.717, 1.165) is 32.4 Å². The third kappa shape index (κ3) is 4.62. The Morgan fingerprint density at radius 3 is 2.93 bits per heavy atom. The van der Waals surface area contributed by atoms with E-state index in [0.29, 0.717) is 12.6 Å². The largest absolute Gasteiger partial charge is 0.377 e. The van der Waals surface area contributed by atoms with E-state index in [2.05, 4.69) is 17.6 Å². The number of carbonyl (C=O) groups is 1. The van der Waals surface area contributed by atoms with Gasteiger partial charge < -0.3 is 15.4 Å². The first-order valence-electron chi connectivity index (χ1n) is 5.85. The molecule has 0 bridgehead atoms. The average molecular weight is 214 g/mol. The summed E-state index contributed by atoms with van der Waals surface area (Å²) in [5.74, 6) is 0.0857. The Morgan fingerprint density at radius 2 is 2.33 bits per heavy atom. The first kappa shape index (κ1) is 12.5. The first-order valence-corrected chi connectivity index (χ1v) is 5.85. The maximum Gasteiger partial charge on any atom is 0.233 e. The van der Waals surface area contributed by atoms with Crippen molar-refractivity contribution in [3.05, 3.63) is 0 Å². The second-order valence-electron chi connectivity index (χ2n) is 4.06. The van der Waals surface area contributed by atoms with Crippen molar-refractivity contribution >= 4 is 5.91 Å². The number of carbonyl (C=O) groups excluding carboxylic acids is 1. The Balaban J connectivity index is 2.05. The molecule has 1 heterocycles. The van der Waals surface area contributed by atoms with E-state index in [1.165, 1.54) is 0 Å². The van der Waals surface area contributed by atoms with Gasteiger partial charge in [-0.3, -0.25) is 4.79 Å². The quantitative estimate of drug-likeness (QED) is 0.639. The van der Waals surface area contributed by atoms with E-state index >= 15 is 0 Å². The minimum atomic E-state index is 0.0857. The Labute approximate surface area is 91.8 Å². The summed E-state index contributed by atoms with van der Waals surface area (Å²) >= 11 is 0. The molecule has 1 saturated heterocycles. The molecule has 0 saturated carbocycles. The topological polar surface area (TPSA) is 50.4 Å². The molecule has 0 aromatic heterocycles. The average Bonchev–Trinajstić information content (AvgIpc) is 2.61. The van der Waals surface area contributed by atoms with E-state index < -0.39 is 0 Å². The van der Waals surface area contributed by atoms with Gasteiger partial charge in [0, 0.05) is 19.2 Å². The van der Waals surface area contributed by atoms with Crippen LogP contribution in [-0.4, -0.2) is 37.7 Å². The van der Waals surface area contributed by atoms with Crippen LogP contribution >= 0.6 is 0 Å². The van der Waals surface area contributed by atoms with Crippen molar-refractivity contribution in [2.45, 2.75) is 45.3 Å². The summed E-state index contributed by atoms with van der Waals surface area (Å²) in [5, 5.41) is 6.10. The van der Waals surface area contributed by atoms with Crippen molar-refractivity contribution in [3.8, 4) is 0 Å². The van der Waals surface area contributed by atoms with Gasteiger partial charge in [0.05, 0.1) is 12.6 Å². The molecule has 1 aliphatic rings. The lowest BCUT2D eigenvalue weighted by Gasteiger charge is -2.15. The highest BCUT2D eigenvalue weighted by atomic mass is 16.5. The molecule has 0 aliphatic carbocycles. The summed E-state index contributed by atoms with van der Waals surface area (Å²) < 4.78 is 5.40. The monoisotopic (exact) mass is 214 g/mol. The molecule has 2 unspecified atom stereocenters. The maximum atomic E-state index is 11.4. The van der Waals surface area contributed by atoms with Crippen LogP contribution < -0.4 is 10.6 Å². The second kappa shape index (κ2) is 6.80. The van der Waals surface area contributed by atoms with Gasteiger partial charge in [-0.15, -0.1) is 0 Å². The first-order chi connectivity index (χ1) is 7.24. The van der Waals surface area contributed by atoms with E-state index in [-0.39, 0.29) is 12.0 Å². The number of hydrogen-bond acceptors (Lipinski definition) is 3. The SMILES string of the molecule is CCCCNC(=O)CNC1CCOC1C. The molecule has 4 heteroatoms. The summed E-state index contributed by atoms with van der Waals surface area (Å²) in [7, 11) is 0. The van der Waals surface area contributed by atoms with Crippen molar-refractivity contribution in [1.82, 2.24) is 10.6 Å². The minimum absolute atomic E-state index is 0.0857. The second-order valence-corrected chi connectivity index (χ2v) is 4.06. The van der Waals surface area contributed by atoms with Crippen LogP contribution in [0.2, 0.25) is 0 Å². The van der Waals surface area contributed by atoms with E-state index in [1.54, 1.807) is 0 Å². The molecule has 0 aromatic rings. The molecule has 2 N–H and O–H groups in total. The Morgan fingerprint density at radius 1 is 1.53 bits per heavy atom. The molecule has 0 aromatic carbocycles. The number of rotatable bonds is 6. The van der Waals surface area contributed by atoms with Crippen LogP contribution in [0.15, 0.2) is 0 Å². The number of unbranched alkanes of at least 4 members (excludes halogenated alkanes) is 1. The van der Waals surface area contributed by atoms with Crippen LogP contribution in [0.25, 0.3) is 0 Å². The fourth-order valence-corrected chi connectivity index (χ4v) is 1.69. The van der Waals surface area contributed by atoms with Crippen molar-refractivity contribution < 1.29 is 9.53 Å². The lowest BCUT2D eigenvalue weighted by Crippen LogP contribution is -2.42. The van der Waals surface area contributed by atoms with Gasteiger partial charge in [-0.25, -0.2) is 0 Å². The molecule has 1 amide bonds. The van der Waals surface area contributed by atoms with Crippen LogP contribution in [0.3, 0.4) is 0 Å². The number of nitrogens with one attached hydrogen (secondary N) is 2. The molecule has 1 fully saturated rings. The zero-order valence-corrected chi connectivity index (χ0v) is 9.71. The Kier molecular flexibility index (Phi) is 5.65. The van der Waals surface area contributed by atoms with Gasteiger partial charge in [0.2, 0.25) is 5.91 Å². The van der Waals surface area contributed by atoms with Gasteiger partial charge in [-0.1, -0.05) is 13.3 Å². The maximum absolute atomic E-state index is 11.4. The van der Waals surface area contributed by atoms with E-state index in [1.807, 2.05) is 6.92 Å². The van der Waals surface area contributed by atoms with Gasteiger partial charge in [0.25, 0.3) is 0 Å². The third-order valence-electron chi connectivity index (χ3n) is 2.75. The molecule has 88 valence electrons. The number of ether oxygens (including phenoxy) is 1. The van der Waals surface area contributed by atoms with Crippen molar-refractivity contribution in [2.24, 2.45) is 0 Å². The standard InChI is InChI=1S/C11H22N2O2/c1-3-4-6-12-11(14)8-13-10-5-7-15-9(10)2/h9-10,13H,3-8H2,1-2H3,(H,12,14). The summed E-state index contributed by atoms with van der Waals surface area (Å²) in [6.07, 6.45) is 3.40. The zero-order valence-electron chi connectivity index (χ0n) is 9.71. The molecule has 15 heavy (non-hydrogen) atoms. The molecular formula is C11H22N2O2. The van der Waals surface area contributed by atoms with Gasteiger partial charge in [-0.2, -0.15) is 0 Å². The van der Waals surface area contributed by atoms with Crippen molar-refractivity contribution in [3.63, 3.8) is 0 Å². The summed E-state index contributed by atoms with van der Waals surface area (Å²) in [6.45, 7) is 6.15. The van der Waals surface area contributed by atoms with Gasteiger partial charge >= 0.3 is 0 Å². The molecule has 4 nitrogen and oxygen atoms in total. The normalized spacial score (nSPS) is 25.5. The molecular weight excluding hydrogens is 192 g/mol. The van der Waals surface area contributed by atoms with Crippen LogP contribution in [0.5, 0.6) is 0 Å². The number of hydrogen-bond donors (Lipinski definition) is 2. The molecule has 1 rings (SSSR count). The molecule has 0 radical (unpaired) electrons. The fraction of sp³-hybridized carbons (Fsp3) is 0.909. The highest BCUT2D eigenvalue weighted by molar-refractivity contribution is 5.77. The van der Waals surface area contributed by atoms with Crippen LogP contribution in [0.1, 0.15) is 33.1 Å². The lowest BCUT2D eigenvalue weighted by atomic mass is 10.1. The van der Waals surface area contributed by atoms with E-state index in [9.17, 15) is 4.79 Å². The highest BCUT2D eigenvalue weighted by Gasteiger charge is 2.23. The van der Waals surface area contributed by atoms with Crippen LogP contribution in [0.4, 0.5) is 0 Å². The predicted octanol–water partition coefficient (Wildman–Crippen LogP) is 0.670. The minimum Gasteiger partial charge on any atom is -0.377 e. The third-order valence-corrected chi connectivity index (χ3v) is 2.75. The van der Waals surface area contributed by atoms with E-state index in [4.69, 9.17) is 4.74 Å². The van der Waals surface area contributed by atoms with Crippen LogP contribution in [0, 0.1) is 0 Å². The van der Waals surface area contributed by atoms with Gasteiger partial charge in [0.15, 0.2) is 0 Å². The smallest absolute Gasteiger partial charge is 0.233 e. The Bertz CT molecular complexity index is 197. The van der Waals surface area contributed by atoms with Crippen molar-refractivity contribution in [2.75, 3.05) is 19.7 Å². The van der Waals surface area contributed by atoms with Crippen LogP contribution in [-0.2, 0) is 9.53 Å². The molecule has 0 spiro atoms. The lowest BCUT2D eigenvalue weighted by molar-refractivity contribution is -0.120. The molecule has 1 aliphatic heterocycles. The van der Waals surface area contributed by atoms with Gasteiger partial charge in [-0.05, 0) is 19.8 Å². The summed E-state index contributed by atoms with van der Waals surface area (Å²) in [4.78, 5) is 11.4. The summed E-state index contributed by atoms with van der Waals surface area (Å²) in [6, 6.07) is 0.335. The highest BCUT2D eigenvalue weighted by Crippen LogP contribution is 2.11. The Hall–Kier alpha value is -0.610. The predicted molar refractivity (Wildman–Crippen MR) is 59.7 cm³/mol.